The highest BCUT2D eigenvalue weighted by molar-refractivity contribution is 6.12. The zero-order valence-corrected chi connectivity index (χ0v) is 13.8. The van der Waals surface area contributed by atoms with Gasteiger partial charge in [-0.25, -0.2) is 14.2 Å². The number of benzene rings is 2. The van der Waals surface area contributed by atoms with E-state index in [1.54, 1.807) is 18.2 Å². The summed E-state index contributed by atoms with van der Waals surface area (Å²) in [6, 6.07) is 14.0. The van der Waals surface area contributed by atoms with E-state index in [-0.39, 0.29) is 22.6 Å². The van der Waals surface area contributed by atoms with Crippen molar-refractivity contribution in [2.75, 3.05) is 0 Å². The number of hydrogen-bond donors (Lipinski definition) is 0. The summed E-state index contributed by atoms with van der Waals surface area (Å²) in [7, 11) is 0. The molecule has 0 aliphatic carbocycles. The van der Waals surface area contributed by atoms with Gasteiger partial charge in [-0.2, -0.15) is 0 Å². The first-order chi connectivity index (χ1) is 11.3. The molecule has 122 valence electrons. The summed E-state index contributed by atoms with van der Waals surface area (Å²) >= 11 is 0. The Bertz CT molecular complexity index is 843. The molecule has 1 aliphatic rings. The van der Waals surface area contributed by atoms with Gasteiger partial charge in [0, 0.05) is 0 Å². The Kier molecular flexibility index (Phi) is 4.06. The van der Waals surface area contributed by atoms with Crippen LogP contribution in [-0.2, 0) is 14.9 Å². The van der Waals surface area contributed by atoms with Crippen LogP contribution >= 0.6 is 0 Å². The number of cyclic esters (lactones) is 1. The van der Waals surface area contributed by atoms with Gasteiger partial charge in [-0.1, -0.05) is 57.2 Å². The predicted octanol–water partition coefficient (Wildman–Crippen LogP) is 4.47. The van der Waals surface area contributed by atoms with E-state index in [2.05, 4.69) is 25.8 Å². The molecule has 0 N–H and O–H groups in total. The van der Waals surface area contributed by atoms with Gasteiger partial charge in [0.2, 0.25) is 5.90 Å². The van der Waals surface area contributed by atoms with Crippen LogP contribution < -0.4 is 0 Å². The van der Waals surface area contributed by atoms with E-state index in [0.717, 1.165) is 5.56 Å². The third kappa shape index (κ3) is 3.27. The molecule has 0 fully saturated rings. The Morgan fingerprint density at radius 1 is 1.04 bits per heavy atom. The Labute approximate surface area is 140 Å². The van der Waals surface area contributed by atoms with Crippen LogP contribution in [0, 0.1) is 5.82 Å². The molecule has 0 unspecified atom stereocenters. The lowest BCUT2D eigenvalue weighted by Gasteiger charge is -2.18. The Morgan fingerprint density at radius 3 is 2.33 bits per heavy atom. The zero-order valence-electron chi connectivity index (χ0n) is 13.8. The molecule has 24 heavy (non-hydrogen) atoms. The molecule has 0 amide bonds. The maximum Gasteiger partial charge on any atom is 0.363 e. The normalized spacial score (nSPS) is 16.2. The largest absolute Gasteiger partial charge is 0.402 e. The van der Waals surface area contributed by atoms with Gasteiger partial charge in [-0.3, -0.25) is 0 Å². The molecule has 2 aromatic carbocycles. The fraction of sp³-hybridized carbons (Fsp3) is 0.200. The van der Waals surface area contributed by atoms with E-state index in [4.69, 9.17) is 4.74 Å². The molecule has 0 aromatic heterocycles. The van der Waals surface area contributed by atoms with Crippen molar-refractivity contribution in [1.82, 2.24) is 0 Å². The van der Waals surface area contributed by atoms with Gasteiger partial charge >= 0.3 is 5.97 Å². The molecule has 0 atom stereocenters. The number of aliphatic imine (C=N–C) groups is 1. The molecule has 2 aromatic rings. The molecule has 0 saturated carbocycles. The van der Waals surface area contributed by atoms with Crippen LogP contribution in [0.2, 0.25) is 0 Å². The molecule has 0 bridgehead atoms. The molecule has 0 spiro atoms. The van der Waals surface area contributed by atoms with E-state index in [0.29, 0.717) is 0 Å². The Hall–Kier alpha value is -2.75. The number of carbonyl (C=O) groups excluding carboxylic acids is 1. The first-order valence-corrected chi connectivity index (χ1v) is 7.72. The van der Waals surface area contributed by atoms with Crippen molar-refractivity contribution in [2.24, 2.45) is 4.99 Å². The molecule has 1 aliphatic heterocycles. The number of halogens is 1. The van der Waals surface area contributed by atoms with Gasteiger partial charge in [0.05, 0.1) is 5.56 Å². The van der Waals surface area contributed by atoms with Crippen LogP contribution in [0.4, 0.5) is 4.39 Å². The van der Waals surface area contributed by atoms with Crippen molar-refractivity contribution in [3.05, 3.63) is 76.7 Å². The minimum Gasteiger partial charge on any atom is -0.402 e. The molecular weight excluding hydrogens is 305 g/mol. The van der Waals surface area contributed by atoms with Gasteiger partial charge in [-0.15, -0.1) is 0 Å². The Balaban J connectivity index is 1.90. The van der Waals surface area contributed by atoms with Gasteiger partial charge in [-0.05, 0) is 34.8 Å². The lowest BCUT2D eigenvalue weighted by molar-refractivity contribution is -0.129. The number of esters is 1. The van der Waals surface area contributed by atoms with Crippen molar-refractivity contribution < 1.29 is 13.9 Å². The Morgan fingerprint density at radius 2 is 1.71 bits per heavy atom. The average Bonchev–Trinajstić information content (AvgIpc) is 2.88. The fourth-order valence-electron chi connectivity index (χ4n) is 2.40. The second-order valence-electron chi connectivity index (χ2n) is 6.69. The number of carbonyl (C=O) groups is 1. The summed E-state index contributed by atoms with van der Waals surface area (Å²) < 4.78 is 18.9. The van der Waals surface area contributed by atoms with E-state index in [9.17, 15) is 9.18 Å². The highest BCUT2D eigenvalue weighted by Crippen LogP contribution is 2.24. The third-order valence-corrected chi connectivity index (χ3v) is 3.80. The van der Waals surface area contributed by atoms with Crippen molar-refractivity contribution >= 4 is 17.9 Å². The topological polar surface area (TPSA) is 38.7 Å². The molecule has 3 rings (SSSR count). The van der Waals surface area contributed by atoms with Crippen LogP contribution in [0.25, 0.3) is 6.08 Å². The summed E-state index contributed by atoms with van der Waals surface area (Å²) in [5.41, 5.74) is 2.45. The monoisotopic (exact) mass is 323 g/mol. The first kappa shape index (κ1) is 16.1. The lowest BCUT2D eigenvalue weighted by Crippen LogP contribution is -2.10. The van der Waals surface area contributed by atoms with Crippen molar-refractivity contribution in [3.63, 3.8) is 0 Å². The maximum atomic E-state index is 13.8. The zero-order chi connectivity index (χ0) is 17.3. The standard InChI is InChI=1S/C20H18FNO2/c1-20(2,3)14-10-8-13(9-11-14)12-17-19(23)24-18(22-17)15-6-4-5-7-16(15)21/h4-12H,1-3H3/b17-12-. The maximum absolute atomic E-state index is 13.8. The van der Waals surface area contributed by atoms with E-state index in [1.807, 2.05) is 24.3 Å². The van der Waals surface area contributed by atoms with Crippen LogP contribution in [0.5, 0.6) is 0 Å². The molecule has 1 heterocycles. The second-order valence-corrected chi connectivity index (χ2v) is 6.69. The van der Waals surface area contributed by atoms with Gasteiger partial charge < -0.3 is 4.74 Å². The van der Waals surface area contributed by atoms with E-state index < -0.39 is 11.8 Å². The highest BCUT2D eigenvalue weighted by atomic mass is 19.1. The third-order valence-electron chi connectivity index (χ3n) is 3.80. The summed E-state index contributed by atoms with van der Waals surface area (Å²) in [4.78, 5) is 16.1. The quantitative estimate of drug-likeness (QED) is 0.604. The molecule has 0 saturated heterocycles. The molecule has 3 nitrogen and oxygen atoms in total. The molecule has 4 heteroatoms. The van der Waals surface area contributed by atoms with Gasteiger partial charge in [0.25, 0.3) is 0 Å². The average molecular weight is 323 g/mol. The lowest BCUT2D eigenvalue weighted by atomic mass is 9.87. The van der Waals surface area contributed by atoms with Gasteiger partial charge in [0.1, 0.15) is 5.82 Å². The molecular formula is C20H18FNO2. The highest BCUT2D eigenvalue weighted by Gasteiger charge is 2.25. The van der Waals surface area contributed by atoms with Crippen LogP contribution in [-0.4, -0.2) is 11.9 Å². The van der Waals surface area contributed by atoms with Gasteiger partial charge in [0.15, 0.2) is 5.70 Å². The van der Waals surface area contributed by atoms with Crippen LogP contribution in [0.3, 0.4) is 0 Å². The summed E-state index contributed by atoms with van der Waals surface area (Å²) in [6.45, 7) is 6.42. The fourth-order valence-corrected chi connectivity index (χ4v) is 2.40. The number of hydrogen-bond acceptors (Lipinski definition) is 3. The summed E-state index contributed by atoms with van der Waals surface area (Å²) in [5, 5.41) is 0. The minimum absolute atomic E-state index is 0.00402. The van der Waals surface area contributed by atoms with Crippen molar-refractivity contribution in [2.45, 2.75) is 26.2 Å². The first-order valence-electron chi connectivity index (χ1n) is 7.72. The summed E-state index contributed by atoms with van der Waals surface area (Å²) in [6.07, 6.45) is 1.64. The molecule has 0 radical (unpaired) electrons. The van der Waals surface area contributed by atoms with Crippen LogP contribution in [0.15, 0.2) is 59.2 Å². The van der Waals surface area contributed by atoms with E-state index >= 15 is 0 Å². The minimum atomic E-state index is -0.576. The SMILES string of the molecule is CC(C)(C)c1ccc(/C=C2\N=C(c3ccccc3F)OC2=O)cc1. The smallest absolute Gasteiger partial charge is 0.363 e. The second kappa shape index (κ2) is 6.04. The van der Waals surface area contributed by atoms with E-state index in [1.165, 1.54) is 17.7 Å². The number of nitrogens with zero attached hydrogens (tertiary/aromatic N) is 1. The van der Waals surface area contributed by atoms with Crippen molar-refractivity contribution in [1.29, 1.82) is 0 Å². The number of rotatable bonds is 2. The van der Waals surface area contributed by atoms with Crippen LogP contribution in [0.1, 0.15) is 37.5 Å². The van der Waals surface area contributed by atoms with Crippen molar-refractivity contribution in [3.8, 4) is 0 Å². The predicted molar refractivity (Wildman–Crippen MR) is 92.1 cm³/mol. The summed E-state index contributed by atoms with van der Waals surface area (Å²) in [5.74, 6) is -1.05. The number of ether oxygens (including phenoxy) is 1.